The maximum atomic E-state index is 12.6. The van der Waals surface area contributed by atoms with Crippen LogP contribution in [0.3, 0.4) is 0 Å². The number of anilines is 2. The zero-order chi connectivity index (χ0) is 22.2. The topological polar surface area (TPSA) is 79.5 Å². The van der Waals surface area contributed by atoms with Crippen molar-refractivity contribution in [1.82, 2.24) is 5.32 Å². The maximum Gasteiger partial charge on any atom is 0.261 e. The molecule has 3 rings (SSSR count). The van der Waals surface area contributed by atoms with Crippen molar-refractivity contribution in [2.45, 2.75) is 20.0 Å². The van der Waals surface area contributed by atoms with Gasteiger partial charge in [-0.3, -0.25) is 14.9 Å². The molecule has 0 atom stereocenters. The SMILES string of the molecule is CC(C)Oc1ccccc1C(=O)NC(=S)Nc1cccc(NC(=O)c2ccccc2)c1. The number of thiocarbonyl (C=S) groups is 1. The van der Waals surface area contributed by atoms with Crippen LogP contribution in [-0.4, -0.2) is 23.0 Å². The first-order chi connectivity index (χ1) is 14.9. The number of carbonyl (C=O) groups excluding carboxylic acids is 2. The summed E-state index contributed by atoms with van der Waals surface area (Å²) in [5, 5.41) is 8.60. The maximum absolute atomic E-state index is 12.6. The molecule has 31 heavy (non-hydrogen) atoms. The lowest BCUT2D eigenvalue weighted by Gasteiger charge is -2.15. The molecule has 2 amide bonds. The molecular weight excluding hydrogens is 410 g/mol. The molecule has 0 aromatic heterocycles. The zero-order valence-corrected chi connectivity index (χ0v) is 18.0. The van der Waals surface area contributed by atoms with E-state index in [1.807, 2.05) is 19.9 Å². The van der Waals surface area contributed by atoms with Gasteiger partial charge in [0, 0.05) is 16.9 Å². The highest BCUT2D eigenvalue weighted by atomic mass is 32.1. The number of para-hydroxylation sites is 1. The fourth-order valence-corrected chi connectivity index (χ4v) is 3.02. The molecule has 0 aliphatic heterocycles. The lowest BCUT2D eigenvalue weighted by atomic mass is 10.2. The van der Waals surface area contributed by atoms with E-state index in [0.29, 0.717) is 28.3 Å². The van der Waals surface area contributed by atoms with Crippen LogP contribution < -0.4 is 20.7 Å². The zero-order valence-electron chi connectivity index (χ0n) is 17.2. The Hall–Kier alpha value is -3.71. The van der Waals surface area contributed by atoms with E-state index in [-0.39, 0.29) is 23.0 Å². The Bertz CT molecular complexity index is 1080. The lowest BCUT2D eigenvalue weighted by molar-refractivity contribution is 0.0970. The number of rotatable bonds is 6. The van der Waals surface area contributed by atoms with Crippen molar-refractivity contribution in [3.63, 3.8) is 0 Å². The van der Waals surface area contributed by atoms with Crippen molar-refractivity contribution in [2.24, 2.45) is 0 Å². The number of ether oxygens (including phenoxy) is 1. The smallest absolute Gasteiger partial charge is 0.261 e. The van der Waals surface area contributed by atoms with Crippen molar-refractivity contribution < 1.29 is 14.3 Å². The first-order valence-corrected chi connectivity index (χ1v) is 10.2. The van der Waals surface area contributed by atoms with Gasteiger partial charge in [-0.2, -0.15) is 0 Å². The second-order valence-corrected chi connectivity index (χ2v) is 7.38. The van der Waals surface area contributed by atoms with Crippen LogP contribution in [0.2, 0.25) is 0 Å². The van der Waals surface area contributed by atoms with E-state index in [0.717, 1.165) is 0 Å². The van der Waals surface area contributed by atoms with Crippen molar-refractivity contribution >= 4 is 40.5 Å². The van der Waals surface area contributed by atoms with Gasteiger partial charge < -0.3 is 15.4 Å². The third-order valence-corrected chi connectivity index (χ3v) is 4.34. The molecule has 0 aliphatic carbocycles. The summed E-state index contributed by atoms with van der Waals surface area (Å²) < 4.78 is 5.69. The van der Waals surface area contributed by atoms with Gasteiger partial charge in [-0.05, 0) is 68.5 Å². The van der Waals surface area contributed by atoms with E-state index in [1.54, 1.807) is 72.8 Å². The summed E-state index contributed by atoms with van der Waals surface area (Å²) in [6.45, 7) is 3.79. The quantitative estimate of drug-likeness (QED) is 0.484. The molecule has 3 N–H and O–H groups in total. The highest BCUT2D eigenvalue weighted by Crippen LogP contribution is 2.20. The Morgan fingerprint density at radius 3 is 2.16 bits per heavy atom. The number of amides is 2. The van der Waals surface area contributed by atoms with Crippen LogP contribution in [0.1, 0.15) is 34.6 Å². The summed E-state index contributed by atoms with van der Waals surface area (Å²) >= 11 is 5.28. The minimum absolute atomic E-state index is 0.0622. The predicted octanol–water partition coefficient (Wildman–Crippen LogP) is 4.85. The van der Waals surface area contributed by atoms with Crippen molar-refractivity contribution in [2.75, 3.05) is 10.6 Å². The van der Waals surface area contributed by atoms with Gasteiger partial charge in [0.15, 0.2) is 5.11 Å². The van der Waals surface area contributed by atoms with E-state index in [9.17, 15) is 9.59 Å². The van der Waals surface area contributed by atoms with E-state index < -0.39 is 0 Å². The van der Waals surface area contributed by atoms with Crippen molar-refractivity contribution in [3.05, 3.63) is 90.0 Å². The van der Waals surface area contributed by atoms with Crippen LogP contribution >= 0.6 is 12.2 Å². The molecule has 0 heterocycles. The second kappa shape index (κ2) is 10.4. The average molecular weight is 434 g/mol. The highest BCUT2D eigenvalue weighted by molar-refractivity contribution is 7.80. The Balaban J connectivity index is 1.63. The molecule has 6 nitrogen and oxygen atoms in total. The fourth-order valence-electron chi connectivity index (χ4n) is 2.81. The number of benzene rings is 3. The molecule has 0 aliphatic rings. The van der Waals surface area contributed by atoms with Crippen molar-refractivity contribution in [3.8, 4) is 5.75 Å². The minimum Gasteiger partial charge on any atom is -0.490 e. The van der Waals surface area contributed by atoms with E-state index in [2.05, 4.69) is 16.0 Å². The standard InChI is InChI=1S/C24H23N3O3S/c1-16(2)30-21-14-7-6-13-20(21)23(29)27-24(31)26-19-12-8-11-18(15-19)25-22(28)17-9-4-3-5-10-17/h3-16H,1-2H3,(H,25,28)(H2,26,27,29,31). The van der Waals surface area contributed by atoms with E-state index in [4.69, 9.17) is 17.0 Å². The Labute approximate surface area is 186 Å². The van der Waals surface area contributed by atoms with Gasteiger partial charge in [0.2, 0.25) is 0 Å². The lowest BCUT2D eigenvalue weighted by Crippen LogP contribution is -2.34. The summed E-state index contributed by atoms with van der Waals surface area (Å²) in [5.74, 6) is -0.0962. The van der Waals surface area contributed by atoms with Crippen LogP contribution in [0, 0.1) is 0 Å². The second-order valence-electron chi connectivity index (χ2n) is 6.97. The molecule has 0 spiro atoms. The average Bonchev–Trinajstić information content (AvgIpc) is 2.74. The van der Waals surface area contributed by atoms with Gasteiger partial charge in [0.25, 0.3) is 11.8 Å². The molecule has 0 radical (unpaired) electrons. The van der Waals surface area contributed by atoms with E-state index >= 15 is 0 Å². The largest absolute Gasteiger partial charge is 0.490 e. The van der Waals surface area contributed by atoms with Crippen molar-refractivity contribution in [1.29, 1.82) is 0 Å². The molecule has 3 aromatic carbocycles. The summed E-state index contributed by atoms with van der Waals surface area (Å²) in [6.07, 6.45) is -0.0622. The van der Waals surface area contributed by atoms with Crippen LogP contribution in [0.25, 0.3) is 0 Å². The van der Waals surface area contributed by atoms with Crippen LogP contribution in [0.15, 0.2) is 78.9 Å². The Kier molecular flexibility index (Phi) is 7.35. The summed E-state index contributed by atoms with van der Waals surface area (Å²) in [4.78, 5) is 25.0. The van der Waals surface area contributed by atoms with Gasteiger partial charge in [-0.1, -0.05) is 36.4 Å². The van der Waals surface area contributed by atoms with Gasteiger partial charge >= 0.3 is 0 Å². The Morgan fingerprint density at radius 2 is 1.45 bits per heavy atom. The highest BCUT2D eigenvalue weighted by Gasteiger charge is 2.14. The third kappa shape index (κ3) is 6.38. The molecule has 0 saturated carbocycles. The number of carbonyl (C=O) groups is 2. The first-order valence-electron chi connectivity index (χ1n) is 9.77. The summed E-state index contributed by atoms with van der Waals surface area (Å²) in [5.41, 5.74) is 2.18. The van der Waals surface area contributed by atoms with E-state index in [1.165, 1.54) is 0 Å². The molecule has 7 heteroatoms. The molecule has 0 fully saturated rings. The monoisotopic (exact) mass is 433 g/mol. The minimum atomic E-state index is -0.373. The van der Waals surface area contributed by atoms with Gasteiger partial charge in [0.1, 0.15) is 5.75 Å². The normalized spacial score (nSPS) is 10.3. The third-order valence-electron chi connectivity index (χ3n) is 4.14. The predicted molar refractivity (Wildman–Crippen MR) is 127 cm³/mol. The van der Waals surface area contributed by atoms with Crippen LogP contribution in [0.4, 0.5) is 11.4 Å². The van der Waals surface area contributed by atoms with Crippen LogP contribution in [0.5, 0.6) is 5.75 Å². The summed E-state index contributed by atoms with van der Waals surface area (Å²) in [7, 11) is 0. The number of nitrogens with one attached hydrogen (secondary N) is 3. The molecule has 0 bridgehead atoms. The molecule has 3 aromatic rings. The molecule has 0 saturated heterocycles. The Morgan fingerprint density at radius 1 is 0.806 bits per heavy atom. The molecular formula is C24H23N3O3S. The summed E-state index contributed by atoms with van der Waals surface area (Å²) in [6, 6.07) is 23.0. The molecule has 158 valence electrons. The van der Waals surface area contributed by atoms with Gasteiger partial charge in [-0.15, -0.1) is 0 Å². The fraction of sp³-hybridized carbons (Fsp3) is 0.125. The number of hydrogen-bond donors (Lipinski definition) is 3. The molecule has 0 unspecified atom stereocenters. The van der Waals surface area contributed by atoms with Crippen LogP contribution in [-0.2, 0) is 0 Å². The van der Waals surface area contributed by atoms with Gasteiger partial charge in [-0.25, -0.2) is 0 Å². The first kappa shape index (κ1) is 22.0. The number of hydrogen-bond acceptors (Lipinski definition) is 4. The van der Waals surface area contributed by atoms with Gasteiger partial charge in [0.05, 0.1) is 11.7 Å².